The van der Waals surface area contributed by atoms with Gasteiger partial charge in [-0.3, -0.25) is 4.79 Å². The summed E-state index contributed by atoms with van der Waals surface area (Å²) in [4.78, 5) is 21.5. The van der Waals surface area contributed by atoms with E-state index in [1.807, 2.05) is 29.4 Å². The molecule has 1 atom stereocenters. The molecule has 0 saturated carbocycles. The van der Waals surface area contributed by atoms with Crippen molar-refractivity contribution in [3.05, 3.63) is 53.1 Å². The van der Waals surface area contributed by atoms with Crippen molar-refractivity contribution in [2.75, 3.05) is 33.7 Å². The largest absolute Gasteiger partial charge is 0.338 e. The highest BCUT2D eigenvalue weighted by Gasteiger charge is 2.28. The Morgan fingerprint density at radius 2 is 2.16 bits per heavy atom. The molecule has 1 aliphatic rings. The van der Waals surface area contributed by atoms with Crippen molar-refractivity contribution in [3.8, 4) is 0 Å². The lowest BCUT2D eigenvalue weighted by atomic mass is 9.96. The van der Waals surface area contributed by atoms with Crippen LogP contribution in [0.25, 0.3) is 0 Å². The summed E-state index contributed by atoms with van der Waals surface area (Å²) in [5, 5.41) is 0.516. The Hall–Kier alpha value is -1.85. The lowest BCUT2D eigenvalue weighted by molar-refractivity contribution is 0.0703. The van der Waals surface area contributed by atoms with E-state index in [2.05, 4.69) is 28.5 Å². The molecule has 1 aliphatic heterocycles. The molecule has 0 N–H and O–H groups in total. The minimum atomic E-state index is 0.0155. The summed E-state index contributed by atoms with van der Waals surface area (Å²) in [6, 6.07) is 7.27. The van der Waals surface area contributed by atoms with Gasteiger partial charge in [0.05, 0.1) is 10.6 Å². The van der Waals surface area contributed by atoms with Crippen LogP contribution in [0.1, 0.15) is 34.9 Å². The first kappa shape index (κ1) is 18.0. The van der Waals surface area contributed by atoms with E-state index in [0.717, 1.165) is 38.3 Å². The molecule has 1 amide bonds. The summed E-state index contributed by atoms with van der Waals surface area (Å²) in [7, 11) is 4.14. The maximum Gasteiger partial charge on any atom is 0.255 e. The molecule has 0 aliphatic carbocycles. The number of halogens is 1. The number of piperidine rings is 1. The van der Waals surface area contributed by atoms with Gasteiger partial charge in [-0.15, -0.1) is 0 Å². The molecule has 3 rings (SSSR count). The molecule has 25 heavy (non-hydrogen) atoms. The van der Waals surface area contributed by atoms with E-state index >= 15 is 0 Å². The van der Waals surface area contributed by atoms with Crippen LogP contribution in [0, 0.1) is 0 Å². The fourth-order valence-corrected chi connectivity index (χ4v) is 3.57. The fraction of sp³-hybridized carbons (Fsp3) is 0.474. The normalized spacial score (nSPS) is 17.9. The number of carbonyl (C=O) groups is 1. The van der Waals surface area contributed by atoms with Crippen LogP contribution < -0.4 is 0 Å². The maximum atomic E-state index is 12.8. The van der Waals surface area contributed by atoms with Gasteiger partial charge >= 0.3 is 0 Å². The molecular formula is C19H25ClN4O. The van der Waals surface area contributed by atoms with Gasteiger partial charge in [0.2, 0.25) is 0 Å². The Kier molecular flexibility index (Phi) is 5.76. The van der Waals surface area contributed by atoms with Gasteiger partial charge in [0.15, 0.2) is 0 Å². The van der Waals surface area contributed by atoms with Gasteiger partial charge in [-0.25, -0.2) is 4.98 Å². The van der Waals surface area contributed by atoms with Crippen LogP contribution in [-0.4, -0.2) is 59.0 Å². The summed E-state index contributed by atoms with van der Waals surface area (Å²) < 4.78 is 2.22. The molecule has 1 aromatic heterocycles. The molecule has 2 aromatic rings. The van der Waals surface area contributed by atoms with Crippen molar-refractivity contribution in [1.29, 1.82) is 0 Å². The molecule has 1 saturated heterocycles. The van der Waals surface area contributed by atoms with Crippen LogP contribution >= 0.6 is 11.6 Å². The van der Waals surface area contributed by atoms with E-state index in [-0.39, 0.29) is 11.8 Å². The Bertz CT molecular complexity index is 728. The number of hydrogen-bond donors (Lipinski definition) is 0. The topological polar surface area (TPSA) is 41.4 Å². The molecule has 5 nitrogen and oxygen atoms in total. The third-order valence-electron chi connectivity index (χ3n) is 4.71. The van der Waals surface area contributed by atoms with Gasteiger partial charge in [0, 0.05) is 44.5 Å². The van der Waals surface area contributed by atoms with Gasteiger partial charge in [0.1, 0.15) is 5.82 Å². The average molecular weight is 361 g/mol. The minimum absolute atomic E-state index is 0.0155. The number of likely N-dealkylation sites (tertiary alicyclic amines) is 1. The van der Waals surface area contributed by atoms with Crippen molar-refractivity contribution in [2.45, 2.75) is 25.3 Å². The molecule has 0 radical (unpaired) electrons. The highest BCUT2D eigenvalue weighted by atomic mass is 35.5. The molecule has 0 bridgehead atoms. The van der Waals surface area contributed by atoms with Crippen LogP contribution in [0.5, 0.6) is 0 Å². The average Bonchev–Trinajstić information content (AvgIpc) is 3.08. The predicted octanol–water partition coefficient (Wildman–Crippen LogP) is 3.12. The van der Waals surface area contributed by atoms with E-state index < -0.39 is 0 Å². The molecule has 0 spiro atoms. The Labute approximate surface area is 154 Å². The zero-order chi connectivity index (χ0) is 17.8. The predicted molar refractivity (Wildman–Crippen MR) is 100 cm³/mol. The molecule has 2 heterocycles. The molecule has 1 aromatic carbocycles. The zero-order valence-corrected chi connectivity index (χ0v) is 15.6. The monoisotopic (exact) mass is 360 g/mol. The summed E-state index contributed by atoms with van der Waals surface area (Å²) >= 11 is 6.20. The van der Waals surface area contributed by atoms with Crippen molar-refractivity contribution < 1.29 is 4.79 Å². The standard InChI is InChI=1S/C19H25ClN4O/c1-22(2)12-13-23-11-9-21-18(23)15-6-5-10-24(14-15)19(25)16-7-3-4-8-17(16)20/h3-4,7-9,11,15H,5-6,10,12-14H2,1-2H3/t15-/m0/s1. The van der Waals surface area contributed by atoms with E-state index in [9.17, 15) is 4.79 Å². The molecular weight excluding hydrogens is 336 g/mol. The first-order valence-corrected chi connectivity index (χ1v) is 9.13. The van der Waals surface area contributed by atoms with Crippen molar-refractivity contribution in [2.24, 2.45) is 0 Å². The third kappa shape index (κ3) is 4.22. The van der Waals surface area contributed by atoms with Crippen molar-refractivity contribution in [1.82, 2.24) is 19.4 Å². The van der Waals surface area contributed by atoms with Gasteiger partial charge in [0.25, 0.3) is 5.91 Å². The van der Waals surface area contributed by atoms with Gasteiger partial charge < -0.3 is 14.4 Å². The molecule has 1 fully saturated rings. The van der Waals surface area contributed by atoms with E-state index in [1.54, 1.807) is 12.1 Å². The lowest BCUT2D eigenvalue weighted by Crippen LogP contribution is -2.40. The Morgan fingerprint density at radius 1 is 1.36 bits per heavy atom. The summed E-state index contributed by atoms with van der Waals surface area (Å²) in [6.07, 6.45) is 5.94. The number of rotatable bonds is 5. The SMILES string of the molecule is CN(C)CCn1ccnc1[C@H]1CCCN(C(=O)c2ccccc2Cl)C1. The van der Waals surface area contributed by atoms with Crippen LogP contribution in [-0.2, 0) is 6.54 Å². The first-order chi connectivity index (χ1) is 12.1. The number of amides is 1. The van der Waals surface area contributed by atoms with E-state index in [4.69, 9.17) is 11.6 Å². The quantitative estimate of drug-likeness (QED) is 0.822. The number of carbonyl (C=O) groups excluding carboxylic acids is 1. The van der Waals surface area contributed by atoms with Crippen LogP contribution in [0.3, 0.4) is 0 Å². The number of benzene rings is 1. The summed E-state index contributed by atoms with van der Waals surface area (Å²) in [5.41, 5.74) is 0.584. The van der Waals surface area contributed by atoms with Gasteiger partial charge in [-0.2, -0.15) is 0 Å². The van der Waals surface area contributed by atoms with Crippen LogP contribution in [0.2, 0.25) is 5.02 Å². The fourth-order valence-electron chi connectivity index (χ4n) is 3.35. The van der Waals surface area contributed by atoms with Crippen LogP contribution in [0.15, 0.2) is 36.7 Å². The Morgan fingerprint density at radius 3 is 2.92 bits per heavy atom. The maximum absolute atomic E-state index is 12.8. The van der Waals surface area contributed by atoms with Gasteiger partial charge in [-0.05, 0) is 39.1 Å². The van der Waals surface area contributed by atoms with E-state index in [1.165, 1.54) is 0 Å². The molecule has 134 valence electrons. The minimum Gasteiger partial charge on any atom is -0.338 e. The molecule has 6 heteroatoms. The Balaban J connectivity index is 1.73. The zero-order valence-electron chi connectivity index (χ0n) is 14.9. The number of aromatic nitrogens is 2. The number of nitrogens with zero attached hydrogens (tertiary/aromatic N) is 4. The van der Waals surface area contributed by atoms with Crippen LogP contribution in [0.4, 0.5) is 0 Å². The van der Waals surface area contributed by atoms with Gasteiger partial charge in [-0.1, -0.05) is 23.7 Å². The second-order valence-electron chi connectivity index (χ2n) is 6.85. The highest BCUT2D eigenvalue weighted by molar-refractivity contribution is 6.33. The molecule has 0 unspecified atom stereocenters. The van der Waals surface area contributed by atoms with Crippen molar-refractivity contribution >= 4 is 17.5 Å². The number of likely N-dealkylation sites (N-methyl/N-ethyl adjacent to an activating group) is 1. The number of imidazole rings is 1. The van der Waals surface area contributed by atoms with E-state index in [0.29, 0.717) is 17.1 Å². The summed E-state index contributed by atoms with van der Waals surface area (Å²) in [5.74, 6) is 1.37. The van der Waals surface area contributed by atoms with Crippen molar-refractivity contribution in [3.63, 3.8) is 0 Å². The second-order valence-corrected chi connectivity index (χ2v) is 7.26. The third-order valence-corrected chi connectivity index (χ3v) is 5.04. The first-order valence-electron chi connectivity index (χ1n) is 8.76. The number of hydrogen-bond acceptors (Lipinski definition) is 3. The summed E-state index contributed by atoms with van der Waals surface area (Å²) in [6.45, 7) is 3.36. The smallest absolute Gasteiger partial charge is 0.255 e. The highest BCUT2D eigenvalue weighted by Crippen LogP contribution is 2.28. The lowest BCUT2D eigenvalue weighted by Gasteiger charge is -2.33. The second kappa shape index (κ2) is 8.02.